The maximum atomic E-state index is 11.5. The van der Waals surface area contributed by atoms with E-state index in [1.807, 2.05) is 38.1 Å². The Morgan fingerprint density at radius 1 is 1.47 bits per heavy atom. The van der Waals surface area contributed by atoms with E-state index < -0.39 is 0 Å². The molecule has 4 heteroatoms. The Kier molecular flexibility index (Phi) is 5.49. The zero-order valence-electron chi connectivity index (χ0n) is 10.6. The average Bonchev–Trinajstić information content (AvgIpc) is 2.36. The Balaban J connectivity index is 2.56. The zero-order valence-corrected chi connectivity index (χ0v) is 10.6. The Hall–Kier alpha value is -1.55. The Labute approximate surface area is 102 Å². The highest BCUT2D eigenvalue weighted by atomic mass is 16.5. The Morgan fingerprint density at radius 3 is 2.88 bits per heavy atom. The van der Waals surface area contributed by atoms with E-state index in [1.54, 1.807) is 7.11 Å². The molecule has 2 N–H and O–H groups in total. The van der Waals surface area contributed by atoms with E-state index in [-0.39, 0.29) is 11.9 Å². The van der Waals surface area contributed by atoms with Crippen molar-refractivity contribution in [3.8, 4) is 5.75 Å². The highest BCUT2D eigenvalue weighted by Gasteiger charge is 2.09. The highest BCUT2D eigenvalue weighted by molar-refractivity contribution is 5.78. The molecule has 1 rings (SSSR count). The number of amides is 1. The number of likely N-dealkylation sites (N-methyl/N-ethyl adjacent to an activating group) is 1. The van der Waals surface area contributed by atoms with Gasteiger partial charge in [0, 0.05) is 0 Å². The Bertz CT molecular complexity index is 366. The number of nitrogens with one attached hydrogen (secondary N) is 2. The van der Waals surface area contributed by atoms with Gasteiger partial charge in [0.2, 0.25) is 5.91 Å². The summed E-state index contributed by atoms with van der Waals surface area (Å²) in [5.41, 5.74) is 1.04. The van der Waals surface area contributed by atoms with E-state index in [2.05, 4.69) is 10.6 Å². The van der Waals surface area contributed by atoms with E-state index in [0.717, 1.165) is 17.9 Å². The molecule has 0 aliphatic heterocycles. The normalized spacial score (nSPS) is 11.9. The van der Waals surface area contributed by atoms with E-state index in [1.165, 1.54) is 0 Å². The summed E-state index contributed by atoms with van der Waals surface area (Å²) < 4.78 is 5.15. The van der Waals surface area contributed by atoms with Crippen molar-refractivity contribution in [3.05, 3.63) is 29.8 Å². The monoisotopic (exact) mass is 236 g/mol. The maximum Gasteiger partial charge on any atom is 0.234 e. The van der Waals surface area contributed by atoms with Gasteiger partial charge in [-0.05, 0) is 31.2 Å². The lowest BCUT2D eigenvalue weighted by atomic mass is 10.1. The van der Waals surface area contributed by atoms with Gasteiger partial charge in [-0.1, -0.05) is 19.1 Å². The van der Waals surface area contributed by atoms with Crippen LogP contribution in [0.4, 0.5) is 0 Å². The van der Waals surface area contributed by atoms with Crippen LogP contribution >= 0.6 is 0 Å². The lowest BCUT2D eigenvalue weighted by Gasteiger charge is -2.15. The number of ether oxygens (including phenoxy) is 1. The summed E-state index contributed by atoms with van der Waals surface area (Å²) in [5.74, 6) is 0.803. The van der Waals surface area contributed by atoms with Crippen LogP contribution in [0.5, 0.6) is 5.75 Å². The first-order valence-electron chi connectivity index (χ1n) is 5.81. The maximum absolute atomic E-state index is 11.5. The molecule has 17 heavy (non-hydrogen) atoms. The quantitative estimate of drug-likeness (QED) is 0.786. The summed E-state index contributed by atoms with van der Waals surface area (Å²) in [6.07, 6.45) is 0. The second-order valence-corrected chi connectivity index (χ2v) is 3.85. The van der Waals surface area contributed by atoms with Crippen LogP contribution in [0.25, 0.3) is 0 Å². The minimum Gasteiger partial charge on any atom is -0.497 e. The largest absolute Gasteiger partial charge is 0.497 e. The van der Waals surface area contributed by atoms with Crippen molar-refractivity contribution in [1.29, 1.82) is 0 Å². The van der Waals surface area contributed by atoms with Crippen LogP contribution in [0.1, 0.15) is 25.5 Å². The van der Waals surface area contributed by atoms with Crippen molar-refractivity contribution < 1.29 is 9.53 Å². The molecule has 4 nitrogen and oxygen atoms in total. The van der Waals surface area contributed by atoms with Gasteiger partial charge in [-0.2, -0.15) is 0 Å². The number of methoxy groups -OCH3 is 1. The van der Waals surface area contributed by atoms with Crippen LogP contribution in [0.15, 0.2) is 24.3 Å². The third-order valence-corrected chi connectivity index (χ3v) is 2.51. The highest BCUT2D eigenvalue weighted by Crippen LogP contribution is 2.18. The molecule has 0 heterocycles. The summed E-state index contributed by atoms with van der Waals surface area (Å²) in [6, 6.07) is 7.69. The fourth-order valence-corrected chi connectivity index (χ4v) is 1.53. The molecular weight excluding hydrogens is 216 g/mol. The molecule has 0 bridgehead atoms. The van der Waals surface area contributed by atoms with Gasteiger partial charge in [0.25, 0.3) is 0 Å². The Morgan fingerprint density at radius 2 is 2.24 bits per heavy atom. The standard InChI is InChI=1S/C13H20N2O2/c1-4-14-9-13(16)15-10(2)11-6-5-7-12(8-11)17-3/h5-8,10,14H,4,9H2,1-3H3,(H,15,16)/t10-/m0/s1. The first-order valence-corrected chi connectivity index (χ1v) is 5.81. The molecule has 0 unspecified atom stereocenters. The smallest absolute Gasteiger partial charge is 0.234 e. The van der Waals surface area contributed by atoms with Crippen LogP contribution in [0.2, 0.25) is 0 Å². The van der Waals surface area contributed by atoms with E-state index in [9.17, 15) is 4.79 Å². The molecule has 1 aromatic carbocycles. The molecule has 0 saturated heterocycles. The molecule has 1 amide bonds. The summed E-state index contributed by atoms with van der Waals surface area (Å²) >= 11 is 0. The van der Waals surface area contributed by atoms with Crippen LogP contribution in [-0.2, 0) is 4.79 Å². The van der Waals surface area contributed by atoms with E-state index in [0.29, 0.717) is 6.54 Å². The minimum atomic E-state index is -0.0174. The number of carbonyl (C=O) groups excluding carboxylic acids is 1. The molecule has 94 valence electrons. The number of hydrogen-bond donors (Lipinski definition) is 2. The third-order valence-electron chi connectivity index (χ3n) is 2.51. The lowest BCUT2D eigenvalue weighted by molar-refractivity contribution is -0.120. The number of hydrogen-bond acceptors (Lipinski definition) is 3. The molecule has 0 aliphatic carbocycles. The van der Waals surface area contributed by atoms with Crippen LogP contribution in [-0.4, -0.2) is 26.1 Å². The SMILES string of the molecule is CCNCC(=O)N[C@@H](C)c1cccc(OC)c1. The molecule has 0 spiro atoms. The minimum absolute atomic E-state index is 0.00201. The predicted octanol–water partition coefficient (Wildman–Crippen LogP) is 1.48. The van der Waals surface area contributed by atoms with E-state index in [4.69, 9.17) is 4.74 Å². The van der Waals surface area contributed by atoms with Crippen molar-refractivity contribution >= 4 is 5.91 Å². The number of carbonyl (C=O) groups is 1. The second kappa shape index (κ2) is 6.91. The summed E-state index contributed by atoms with van der Waals surface area (Å²) in [4.78, 5) is 11.5. The van der Waals surface area contributed by atoms with Gasteiger partial charge >= 0.3 is 0 Å². The zero-order chi connectivity index (χ0) is 12.7. The van der Waals surface area contributed by atoms with Gasteiger partial charge in [0.1, 0.15) is 5.75 Å². The predicted molar refractivity (Wildman–Crippen MR) is 68.1 cm³/mol. The fourth-order valence-electron chi connectivity index (χ4n) is 1.53. The molecule has 1 atom stereocenters. The molecule has 0 saturated carbocycles. The van der Waals surface area contributed by atoms with Crippen LogP contribution < -0.4 is 15.4 Å². The van der Waals surface area contributed by atoms with Crippen molar-refractivity contribution in [1.82, 2.24) is 10.6 Å². The first-order chi connectivity index (χ1) is 8.17. The van der Waals surface area contributed by atoms with E-state index >= 15 is 0 Å². The van der Waals surface area contributed by atoms with Gasteiger partial charge < -0.3 is 15.4 Å². The van der Waals surface area contributed by atoms with Gasteiger partial charge in [-0.3, -0.25) is 4.79 Å². The number of benzene rings is 1. The van der Waals surface area contributed by atoms with Gasteiger partial charge in [0.15, 0.2) is 0 Å². The van der Waals surface area contributed by atoms with Gasteiger partial charge in [0.05, 0.1) is 19.7 Å². The van der Waals surface area contributed by atoms with Crippen molar-refractivity contribution in [2.45, 2.75) is 19.9 Å². The molecule has 0 radical (unpaired) electrons. The molecule has 0 fully saturated rings. The first kappa shape index (κ1) is 13.5. The van der Waals surface area contributed by atoms with Gasteiger partial charge in [-0.25, -0.2) is 0 Å². The number of rotatable bonds is 6. The topological polar surface area (TPSA) is 50.4 Å². The third kappa shape index (κ3) is 4.44. The summed E-state index contributed by atoms with van der Waals surface area (Å²) in [5, 5.41) is 5.92. The van der Waals surface area contributed by atoms with Crippen molar-refractivity contribution in [2.75, 3.05) is 20.2 Å². The second-order valence-electron chi connectivity index (χ2n) is 3.85. The lowest BCUT2D eigenvalue weighted by Crippen LogP contribution is -2.35. The molecule has 0 aliphatic rings. The van der Waals surface area contributed by atoms with Crippen molar-refractivity contribution in [2.24, 2.45) is 0 Å². The molecular formula is C13H20N2O2. The molecule has 0 aromatic heterocycles. The molecule has 1 aromatic rings. The average molecular weight is 236 g/mol. The van der Waals surface area contributed by atoms with Crippen molar-refractivity contribution in [3.63, 3.8) is 0 Å². The van der Waals surface area contributed by atoms with Crippen LogP contribution in [0.3, 0.4) is 0 Å². The fraction of sp³-hybridized carbons (Fsp3) is 0.462. The van der Waals surface area contributed by atoms with Gasteiger partial charge in [-0.15, -0.1) is 0 Å². The van der Waals surface area contributed by atoms with Crippen LogP contribution in [0, 0.1) is 0 Å². The summed E-state index contributed by atoms with van der Waals surface area (Å²) in [6.45, 7) is 5.07. The summed E-state index contributed by atoms with van der Waals surface area (Å²) in [7, 11) is 1.63.